The highest BCUT2D eigenvalue weighted by Gasteiger charge is 2.09. The molecule has 0 unspecified atom stereocenters. The van der Waals surface area contributed by atoms with Gasteiger partial charge < -0.3 is 0 Å². The zero-order chi connectivity index (χ0) is 9.80. The normalized spacial score (nSPS) is 17.5. The van der Waals surface area contributed by atoms with Gasteiger partial charge in [-0.25, -0.2) is 0 Å². The van der Waals surface area contributed by atoms with Crippen LogP contribution in [0.2, 0.25) is 0 Å². The summed E-state index contributed by atoms with van der Waals surface area (Å²) in [6.45, 7) is 0. The van der Waals surface area contributed by atoms with Crippen molar-refractivity contribution >= 4 is 0 Å². The standard InChI is InChI=1S/C12H16N2/c1-14-10-12(9-13-14)8-7-11-5-3-2-4-6-11/h9-11H,2-6H2,1H3. The fourth-order valence-electron chi connectivity index (χ4n) is 1.92. The van der Waals surface area contributed by atoms with Gasteiger partial charge in [0.1, 0.15) is 0 Å². The molecule has 2 nitrogen and oxygen atoms in total. The molecule has 0 radical (unpaired) electrons. The van der Waals surface area contributed by atoms with E-state index in [0.29, 0.717) is 5.92 Å². The molecule has 0 N–H and O–H groups in total. The van der Waals surface area contributed by atoms with Gasteiger partial charge in [0.25, 0.3) is 0 Å². The third-order valence-electron chi connectivity index (χ3n) is 2.73. The van der Waals surface area contributed by atoms with E-state index < -0.39 is 0 Å². The van der Waals surface area contributed by atoms with Crippen LogP contribution in [0, 0.1) is 17.8 Å². The Morgan fingerprint density at radius 2 is 2.14 bits per heavy atom. The van der Waals surface area contributed by atoms with Gasteiger partial charge >= 0.3 is 0 Å². The first-order valence-corrected chi connectivity index (χ1v) is 5.35. The Balaban J connectivity index is 1.98. The van der Waals surface area contributed by atoms with Crippen molar-refractivity contribution in [2.75, 3.05) is 0 Å². The van der Waals surface area contributed by atoms with Gasteiger partial charge in [-0.05, 0) is 12.8 Å². The first-order valence-electron chi connectivity index (χ1n) is 5.35. The van der Waals surface area contributed by atoms with E-state index >= 15 is 0 Å². The second kappa shape index (κ2) is 4.32. The number of aromatic nitrogens is 2. The van der Waals surface area contributed by atoms with Gasteiger partial charge in [0, 0.05) is 19.2 Å². The maximum Gasteiger partial charge on any atom is 0.0646 e. The van der Waals surface area contributed by atoms with Crippen molar-refractivity contribution in [2.24, 2.45) is 13.0 Å². The monoisotopic (exact) mass is 188 g/mol. The molecule has 0 spiro atoms. The van der Waals surface area contributed by atoms with Crippen LogP contribution in [0.4, 0.5) is 0 Å². The van der Waals surface area contributed by atoms with Crippen LogP contribution in [0.3, 0.4) is 0 Å². The Bertz CT molecular complexity index is 348. The van der Waals surface area contributed by atoms with Crippen molar-refractivity contribution in [2.45, 2.75) is 32.1 Å². The van der Waals surface area contributed by atoms with Gasteiger partial charge in [-0.2, -0.15) is 5.10 Å². The van der Waals surface area contributed by atoms with E-state index in [1.165, 1.54) is 32.1 Å². The quantitative estimate of drug-likeness (QED) is 0.571. The second-order valence-corrected chi connectivity index (χ2v) is 4.01. The summed E-state index contributed by atoms with van der Waals surface area (Å²) in [6.07, 6.45) is 10.5. The molecule has 0 bridgehead atoms. The molecule has 1 fully saturated rings. The first kappa shape index (κ1) is 9.33. The summed E-state index contributed by atoms with van der Waals surface area (Å²) in [5, 5.41) is 4.09. The van der Waals surface area contributed by atoms with Crippen molar-refractivity contribution in [3.05, 3.63) is 18.0 Å². The summed E-state index contributed by atoms with van der Waals surface area (Å²) in [6, 6.07) is 0. The van der Waals surface area contributed by atoms with Crippen LogP contribution in [-0.2, 0) is 7.05 Å². The van der Waals surface area contributed by atoms with Gasteiger partial charge in [0.2, 0.25) is 0 Å². The maximum atomic E-state index is 4.09. The fourth-order valence-corrected chi connectivity index (χ4v) is 1.92. The van der Waals surface area contributed by atoms with Gasteiger partial charge in [0.15, 0.2) is 0 Å². The Morgan fingerprint density at radius 3 is 2.79 bits per heavy atom. The lowest BCUT2D eigenvalue weighted by molar-refractivity contribution is 0.430. The highest BCUT2D eigenvalue weighted by atomic mass is 15.2. The number of aryl methyl sites for hydroxylation is 1. The Kier molecular flexibility index (Phi) is 2.88. The molecule has 74 valence electrons. The Hall–Kier alpha value is -1.23. The lowest BCUT2D eigenvalue weighted by Gasteiger charge is -2.15. The highest BCUT2D eigenvalue weighted by Crippen LogP contribution is 2.22. The van der Waals surface area contributed by atoms with Crippen molar-refractivity contribution in [1.82, 2.24) is 9.78 Å². The van der Waals surface area contributed by atoms with E-state index in [1.807, 2.05) is 19.4 Å². The molecular weight excluding hydrogens is 172 g/mol. The number of hydrogen-bond acceptors (Lipinski definition) is 1. The topological polar surface area (TPSA) is 17.8 Å². The summed E-state index contributed by atoms with van der Waals surface area (Å²) in [4.78, 5) is 0. The Morgan fingerprint density at radius 1 is 1.36 bits per heavy atom. The average Bonchev–Trinajstić information content (AvgIpc) is 2.63. The third-order valence-corrected chi connectivity index (χ3v) is 2.73. The van der Waals surface area contributed by atoms with Crippen LogP contribution in [0.5, 0.6) is 0 Å². The SMILES string of the molecule is Cn1cc(C#CC2CCCCC2)cn1. The van der Waals surface area contributed by atoms with E-state index in [-0.39, 0.29) is 0 Å². The van der Waals surface area contributed by atoms with Crippen LogP contribution in [0.1, 0.15) is 37.7 Å². The molecule has 2 heteroatoms. The lowest BCUT2D eigenvalue weighted by atomic mass is 9.90. The lowest BCUT2D eigenvalue weighted by Crippen LogP contribution is -2.02. The summed E-state index contributed by atoms with van der Waals surface area (Å²) in [5.74, 6) is 7.18. The zero-order valence-electron chi connectivity index (χ0n) is 8.66. The van der Waals surface area contributed by atoms with Crippen LogP contribution < -0.4 is 0 Å². The van der Waals surface area contributed by atoms with Gasteiger partial charge in [-0.1, -0.05) is 31.1 Å². The minimum absolute atomic E-state index is 0.629. The van der Waals surface area contributed by atoms with Gasteiger partial charge in [-0.15, -0.1) is 0 Å². The predicted molar refractivity (Wildman–Crippen MR) is 56.7 cm³/mol. The molecule has 0 atom stereocenters. The van der Waals surface area contributed by atoms with Crippen molar-refractivity contribution in [1.29, 1.82) is 0 Å². The zero-order valence-corrected chi connectivity index (χ0v) is 8.66. The van der Waals surface area contributed by atoms with Crippen molar-refractivity contribution in [3.8, 4) is 11.8 Å². The van der Waals surface area contributed by atoms with E-state index in [0.717, 1.165) is 5.56 Å². The Labute approximate surface area is 85.3 Å². The van der Waals surface area contributed by atoms with Crippen molar-refractivity contribution < 1.29 is 0 Å². The molecule has 0 aliphatic heterocycles. The summed E-state index contributed by atoms with van der Waals surface area (Å²) >= 11 is 0. The molecule has 2 rings (SSSR count). The van der Waals surface area contributed by atoms with Crippen LogP contribution in [0.15, 0.2) is 12.4 Å². The third kappa shape index (κ3) is 2.38. The smallest absolute Gasteiger partial charge is 0.0646 e. The molecule has 1 saturated carbocycles. The van der Waals surface area contributed by atoms with E-state index in [1.54, 1.807) is 4.68 Å². The second-order valence-electron chi connectivity index (χ2n) is 4.01. The summed E-state index contributed by atoms with van der Waals surface area (Å²) < 4.78 is 1.80. The molecule has 1 aromatic rings. The summed E-state index contributed by atoms with van der Waals surface area (Å²) in [7, 11) is 1.92. The van der Waals surface area contributed by atoms with E-state index in [4.69, 9.17) is 0 Å². The highest BCUT2D eigenvalue weighted by molar-refractivity contribution is 5.30. The van der Waals surface area contributed by atoms with Gasteiger partial charge in [-0.3, -0.25) is 4.68 Å². The minimum atomic E-state index is 0.629. The van der Waals surface area contributed by atoms with E-state index in [2.05, 4.69) is 16.9 Å². The summed E-state index contributed by atoms with van der Waals surface area (Å²) in [5.41, 5.74) is 1.04. The minimum Gasteiger partial charge on any atom is -0.275 e. The average molecular weight is 188 g/mol. The number of hydrogen-bond donors (Lipinski definition) is 0. The molecule has 0 saturated heterocycles. The van der Waals surface area contributed by atoms with Crippen LogP contribution in [0.25, 0.3) is 0 Å². The molecule has 0 aromatic carbocycles. The number of rotatable bonds is 0. The molecular formula is C12H16N2. The van der Waals surface area contributed by atoms with E-state index in [9.17, 15) is 0 Å². The molecule has 1 aliphatic carbocycles. The van der Waals surface area contributed by atoms with Gasteiger partial charge in [0.05, 0.1) is 11.8 Å². The first-order chi connectivity index (χ1) is 6.84. The maximum absolute atomic E-state index is 4.09. The predicted octanol–water partition coefficient (Wildman–Crippen LogP) is 2.35. The molecule has 1 aromatic heterocycles. The molecule has 0 amide bonds. The molecule has 1 aliphatic rings. The van der Waals surface area contributed by atoms with Crippen LogP contribution >= 0.6 is 0 Å². The fraction of sp³-hybridized carbons (Fsp3) is 0.583. The number of nitrogens with zero attached hydrogens (tertiary/aromatic N) is 2. The largest absolute Gasteiger partial charge is 0.275 e. The van der Waals surface area contributed by atoms with Crippen LogP contribution in [-0.4, -0.2) is 9.78 Å². The van der Waals surface area contributed by atoms with Crippen molar-refractivity contribution in [3.63, 3.8) is 0 Å². The molecule has 1 heterocycles. The molecule has 14 heavy (non-hydrogen) atoms.